The third kappa shape index (κ3) is 5.43. The van der Waals surface area contributed by atoms with Gasteiger partial charge >= 0.3 is 0 Å². The summed E-state index contributed by atoms with van der Waals surface area (Å²) in [4.78, 5) is 5.03. The van der Waals surface area contributed by atoms with E-state index in [0.29, 0.717) is 12.4 Å². The Kier molecular flexibility index (Phi) is 7.35. The lowest BCUT2D eigenvalue weighted by molar-refractivity contribution is 0.496. The zero-order valence-electron chi connectivity index (χ0n) is 21.5. The molecule has 0 atom stereocenters. The summed E-state index contributed by atoms with van der Waals surface area (Å²) in [6.07, 6.45) is 3.13. The molecule has 2 heterocycles. The largest absolute Gasteiger partial charge is 0.293 e. The number of rotatable bonds is 9. The van der Waals surface area contributed by atoms with E-state index in [-0.39, 0.29) is 6.04 Å². The van der Waals surface area contributed by atoms with Crippen LogP contribution in [0.25, 0.3) is 22.5 Å². The van der Waals surface area contributed by atoms with E-state index < -0.39 is 0 Å². The van der Waals surface area contributed by atoms with E-state index >= 15 is 0 Å². The van der Waals surface area contributed by atoms with E-state index in [0.717, 1.165) is 53.1 Å². The van der Waals surface area contributed by atoms with E-state index in [1.54, 1.807) is 0 Å². The molecular formula is C29H32N8. The van der Waals surface area contributed by atoms with Gasteiger partial charge in [-0.2, -0.15) is 5.10 Å². The molecule has 5 aromatic rings. The fourth-order valence-corrected chi connectivity index (χ4v) is 4.41. The Labute approximate surface area is 216 Å². The van der Waals surface area contributed by atoms with Crippen LogP contribution in [0.3, 0.4) is 0 Å². The predicted molar refractivity (Wildman–Crippen MR) is 145 cm³/mol. The summed E-state index contributed by atoms with van der Waals surface area (Å²) in [6.45, 7) is 7.22. The Bertz CT molecular complexity index is 1490. The van der Waals surface area contributed by atoms with Gasteiger partial charge in [-0.05, 0) is 59.5 Å². The molecule has 37 heavy (non-hydrogen) atoms. The molecule has 0 aliphatic carbocycles. The normalized spacial score (nSPS) is 11.9. The summed E-state index contributed by atoms with van der Waals surface area (Å²) in [5, 5.41) is 19.5. The van der Waals surface area contributed by atoms with Crippen molar-refractivity contribution in [1.82, 2.24) is 35.0 Å². The molecule has 3 aromatic carbocycles. The van der Waals surface area contributed by atoms with Crippen molar-refractivity contribution < 1.29 is 0 Å². The van der Waals surface area contributed by atoms with Crippen molar-refractivity contribution in [3.63, 3.8) is 0 Å². The summed E-state index contributed by atoms with van der Waals surface area (Å²) in [5.74, 6) is 1.72. The second kappa shape index (κ2) is 11.2. The molecule has 1 N–H and O–H groups in total. The second-order valence-electron chi connectivity index (χ2n) is 9.38. The van der Waals surface area contributed by atoms with Gasteiger partial charge in [-0.25, -0.2) is 14.8 Å². The van der Waals surface area contributed by atoms with Crippen molar-refractivity contribution in [2.45, 2.75) is 52.6 Å². The highest BCUT2D eigenvalue weighted by molar-refractivity contribution is 5.80. The van der Waals surface area contributed by atoms with Gasteiger partial charge in [0.1, 0.15) is 5.82 Å². The van der Waals surface area contributed by atoms with Crippen molar-refractivity contribution in [2.75, 3.05) is 0 Å². The first-order valence-corrected chi connectivity index (χ1v) is 12.8. The van der Waals surface area contributed by atoms with Gasteiger partial charge in [0.25, 0.3) is 0 Å². The third-order valence-electron chi connectivity index (χ3n) is 6.34. The summed E-state index contributed by atoms with van der Waals surface area (Å²) in [6, 6.07) is 27.1. The molecule has 0 unspecified atom stereocenters. The third-order valence-corrected chi connectivity index (χ3v) is 6.34. The van der Waals surface area contributed by atoms with Crippen LogP contribution in [-0.2, 0) is 13.0 Å². The van der Waals surface area contributed by atoms with Gasteiger partial charge in [-0.3, -0.25) is 4.57 Å². The molecule has 0 spiro atoms. The van der Waals surface area contributed by atoms with E-state index in [1.165, 1.54) is 5.56 Å². The fraction of sp³-hybridized carbons (Fsp3) is 0.276. The van der Waals surface area contributed by atoms with Gasteiger partial charge in [-0.15, -0.1) is 5.10 Å². The minimum Gasteiger partial charge on any atom is -0.293 e. The van der Waals surface area contributed by atoms with E-state index in [9.17, 15) is 0 Å². The van der Waals surface area contributed by atoms with Gasteiger partial charge in [-0.1, -0.05) is 80.1 Å². The minimum absolute atomic E-state index is 0.202. The number of unbranched alkanes of at least 4 members (excludes halogenated alkanes) is 1. The number of nitrogens with zero attached hydrogens (tertiary/aromatic N) is 7. The molecule has 0 saturated carbocycles. The van der Waals surface area contributed by atoms with Crippen molar-refractivity contribution in [1.29, 1.82) is 0 Å². The van der Waals surface area contributed by atoms with Crippen LogP contribution >= 0.6 is 0 Å². The molecule has 5 rings (SSSR count). The van der Waals surface area contributed by atoms with Crippen molar-refractivity contribution in [3.05, 3.63) is 95.9 Å². The number of aryl methyl sites for hydroxylation is 1. The van der Waals surface area contributed by atoms with E-state index in [4.69, 9.17) is 10.1 Å². The smallest absolute Gasteiger partial charge is 0.228 e. The van der Waals surface area contributed by atoms with Crippen LogP contribution in [-0.4, -0.2) is 35.0 Å². The summed E-state index contributed by atoms with van der Waals surface area (Å²) in [7, 11) is 0. The summed E-state index contributed by atoms with van der Waals surface area (Å²) < 4.78 is 4.32. The van der Waals surface area contributed by atoms with Crippen LogP contribution in [0.15, 0.2) is 83.9 Å². The number of tetrazole rings is 1. The maximum Gasteiger partial charge on any atom is 0.228 e. The highest BCUT2D eigenvalue weighted by atomic mass is 15.5. The standard InChI is InChI=1S/C29H32N8/c1-4-5-15-27-33-37(21(2)3)29(30-24-11-7-6-8-12-24)36(27)20-22-16-18-23(19-17-22)25-13-9-10-14-26(25)28-31-34-35-32-28/h6-14,16-19,21H,4-5,15,20H2,1-3H3,(H,31,32,34,35). The van der Waals surface area contributed by atoms with Gasteiger partial charge in [0, 0.05) is 12.0 Å². The molecular weight excluding hydrogens is 460 g/mol. The zero-order chi connectivity index (χ0) is 25.6. The molecule has 0 saturated heterocycles. The number of benzene rings is 3. The predicted octanol–water partition coefficient (Wildman–Crippen LogP) is 5.74. The van der Waals surface area contributed by atoms with Crippen molar-refractivity contribution in [3.8, 4) is 22.5 Å². The lowest BCUT2D eigenvalue weighted by Gasteiger charge is -2.11. The number of para-hydroxylation sites is 1. The fourth-order valence-electron chi connectivity index (χ4n) is 4.41. The summed E-state index contributed by atoms with van der Waals surface area (Å²) >= 11 is 0. The first-order chi connectivity index (χ1) is 18.1. The first-order valence-electron chi connectivity index (χ1n) is 12.8. The Hall–Kier alpha value is -4.33. The van der Waals surface area contributed by atoms with Crippen LogP contribution in [0.4, 0.5) is 5.69 Å². The molecule has 8 nitrogen and oxygen atoms in total. The lowest BCUT2D eigenvalue weighted by atomic mass is 9.98. The number of H-pyrrole nitrogens is 1. The Morgan fingerprint density at radius 1 is 0.892 bits per heavy atom. The van der Waals surface area contributed by atoms with Crippen molar-refractivity contribution in [2.24, 2.45) is 4.99 Å². The van der Waals surface area contributed by atoms with Crippen LogP contribution in [0.5, 0.6) is 0 Å². The second-order valence-corrected chi connectivity index (χ2v) is 9.38. The molecule has 0 fully saturated rings. The highest BCUT2D eigenvalue weighted by Gasteiger charge is 2.15. The summed E-state index contributed by atoms with van der Waals surface area (Å²) in [5.41, 5.74) is 6.15. The topological polar surface area (TPSA) is 89.6 Å². The molecule has 0 aliphatic rings. The highest BCUT2D eigenvalue weighted by Crippen LogP contribution is 2.29. The average Bonchev–Trinajstić information content (AvgIpc) is 3.58. The molecule has 2 aromatic heterocycles. The van der Waals surface area contributed by atoms with Crippen LogP contribution in [0, 0.1) is 0 Å². The molecule has 0 bridgehead atoms. The number of hydrogen-bond donors (Lipinski definition) is 1. The Morgan fingerprint density at radius 3 is 2.30 bits per heavy atom. The van der Waals surface area contributed by atoms with E-state index in [2.05, 4.69) is 76.3 Å². The monoisotopic (exact) mass is 492 g/mol. The molecule has 0 amide bonds. The molecule has 188 valence electrons. The Morgan fingerprint density at radius 2 is 1.62 bits per heavy atom. The molecule has 8 heteroatoms. The zero-order valence-corrected chi connectivity index (χ0v) is 21.5. The molecule has 0 aliphatic heterocycles. The van der Waals surface area contributed by atoms with Crippen LogP contribution < -0.4 is 5.62 Å². The average molecular weight is 493 g/mol. The van der Waals surface area contributed by atoms with Gasteiger partial charge in [0.15, 0.2) is 5.82 Å². The quantitative estimate of drug-likeness (QED) is 0.284. The van der Waals surface area contributed by atoms with Gasteiger partial charge < -0.3 is 0 Å². The van der Waals surface area contributed by atoms with Gasteiger partial charge in [0.05, 0.1) is 18.3 Å². The number of nitrogens with one attached hydrogen (secondary N) is 1. The Balaban J connectivity index is 1.53. The number of aromatic amines is 1. The number of aromatic nitrogens is 7. The number of hydrogen-bond acceptors (Lipinski definition) is 5. The van der Waals surface area contributed by atoms with Crippen molar-refractivity contribution >= 4 is 5.69 Å². The first kappa shape index (κ1) is 24.4. The molecule has 0 radical (unpaired) electrons. The lowest BCUT2D eigenvalue weighted by Crippen LogP contribution is -2.28. The maximum atomic E-state index is 5.03. The van der Waals surface area contributed by atoms with Crippen LogP contribution in [0.2, 0.25) is 0 Å². The maximum absolute atomic E-state index is 5.03. The minimum atomic E-state index is 0.202. The van der Waals surface area contributed by atoms with Gasteiger partial charge in [0.2, 0.25) is 5.62 Å². The van der Waals surface area contributed by atoms with Crippen LogP contribution in [0.1, 0.15) is 51.0 Å². The SMILES string of the molecule is CCCCc1nn(C(C)C)c(=Nc2ccccc2)n1Cc1ccc(-c2ccccc2-c2nnn[nH]2)cc1. The van der Waals surface area contributed by atoms with E-state index in [1.807, 2.05) is 53.2 Å².